The van der Waals surface area contributed by atoms with Crippen molar-refractivity contribution in [2.75, 3.05) is 17.6 Å². The molecule has 0 heterocycles. The summed E-state index contributed by atoms with van der Waals surface area (Å²) in [6.45, 7) is 0.741. The van der Waals surface area contributed by atoms with Crippen LogP contribution in [0.5, 0.6) is 0 Å². The first-order chi connectivity index (χ1) is 9.36. The summed E-state index contributed by atoms with van der Waals surface area (Å²) in [5, 5.41) is 17.9. The Morgan fingerprint density at radius 3 is 2.70 bits per heavy atom. The van der Waals surface area contributed by atoms with Gasteiger partial charge in [-0.1, -0.05) is 6.42 Å². The number of nitrogens with one attached hydrogen (secondary N) is 1. The lowest BCUT2D eigenvalue weighted by atomic mass is 9.87. The highest BCUT2D eigenvalue weighted by atomic mass is 32.2. The fourth-order valence-electron chi connectivity index (χ4n) is 2.63. The fourth-order valence-corrected chi connectivity index (χ4v) is 3.27. The third-order valence-electron chi connectivity index (χ3n) is 3.67. The SMILES string of the molecule is Nc1cc(NCC2CCCC(O)C2)ccc1S(N)(=O)=O. The van der Waals surface area contributed by atoms with E-state index < -0.39 is 10.0 Å². The van der Waals surface area contributed by atoms with Gasteiger partial charge in [0.05, 0.1) is 11.8 Å². The summed E-state index contributed by atoms with van der Waals surface area (Å²) in [7, 11) is -3.78. The largest absolute Gasteiger partial charge is 0.398 e. The number of anilines is 2. The van der Waals surface area contributed by atoms with Gasteiger partial charge in [-0.05, 0) is 43.4 Å². The maximum Gasteiger partial charge on any atom is 0.240 e. The van der Waals surface area contributed by atoms with Gasteiger partial charge in [0.15, 0.2) is 0 Å². The second-order valence-electron chi connectivity index (χ2n) is 5.36. The molecule has 0 bridgehead atoms. The highest BCUT2D eigenvalue weighted by Gasteiger charge is 2.20. The molecule has 6 nitrogen and oxygen atoms in total. The first-order valence-electron chi connectivity index (χ1n) is 6.70. The summed E-state index contributed by atoms with van der Waals surface area (Å²) in [6.07, 6.45) is 3.62. The Bertz CT molecular complexity index is 574. The van der Waals surface area contributed by atoms with Gasteiger partial charge in [-0.2, -0.15) is 0 Å². The van der Waals surface area contributed by atoms with Crippen LogP contribution < -0.4 is 16.2 Å². The van der Waals surface area contributed by atoms with E-state index in [1.807, 2.05) is 0 Å². The highest BCUT2D eigenvalue weighted by molar-refractivity contribution is 7.89. The van der Waals surface area contributed by atoms with Gasteiger partial charge in [0.1, 0.15) is 4.90 Å². The molecule has 7 heteroatoms. The first kappa shape index (κ1) is 15.1. The van der Waals surface area contributed by atoms with E-state index in [4.69, 9.17) is 10.9 Å². The van der Waals surface area contributed by atoms with Crippen LogP contribution in [0.15, 0.2) is 23.1 Å². The Labute approximate surface area is 119 Å². The summed E-state index contributed by atoms with van der Waals surface area (Å²) < 4.78 is 22.5. The summed E-state index contributed by atoms with van der Waals surface area (Å²) in [5.41, 5.74) is 6.60. The topological polar surface area (TPSA) is 118 Å². The van der Waals surface area contributed by atoms with E-state index in [2.05, 4.69) is 5.32 Å². The summed E-state index contributed by atoms with van der Waals surface area (Å²) in [5.74, 6) is 0.429. The van der Waals surface area contributed by atoms with Gasteiger partial charge in [-0.3, -0.25) is 0 Å². The molecule has 0 saturated heterocycles. The number of benzene rings is 1. The van der Waals surface area contributed by atoms with Crippen molar-refractivity contribution in [1.82, 2.24) is 0 Å². The van der Waals surface area contributed by atoms with Crippen molar-refractivity contribution in [1.29, 1.82) is 0 Å². The van der Waals surface area contributed by atoms with Crippen LogP contribution in [0.3, 0.4) is 0 Å². The van der Waals surface area contributed by atoms with E-state index in [9.17, 15) is 13.5 Å². The average molecular weight is 299 g/mol. The Hall–Kier alpha value is -1.31. The van der Waals surface area contributed by atoms with Crippen molar-refractivity contribution >= 4 is 21.4 Å². The number of hydrogen-bond acceptors (Lipinski definition) is 5. The Morgan fingerprint density at radius 1 is 1.35 bits per heavy atom. The molecule has 2 atom stereocenters. The van der Waals surface area contributed by atoms with E-state index in [-0.39, 0.29) is 16.7 Å². The molecule has 1 aromatic rings. The van der Waals surface area contributed by atoms with Gasteiger partial charge >= 0.3 is 0 Å². The van der Waals surface area contributed by atoms with E-state index >= 15 is 0 Å². The zero-order chi connectivity index (χ0) is 14.8. The van der Waals surface area contributed by atoms with Crippen LogP contribution in [0.2, 0.25) is 0 Å². The summed E-state index contributed by atoms with van der Waals surface area (Å²) in [4.78, 5) is -0.0591. The fraction of sp³-hybridized carbons (Fsp3) is 0.538. The van der Waals surface area contributed by atoms with Crippen LogP contribution >= 0.6 is 0 Å². The van der Waals surface area contributed by atoms with Crippen molar-refractivity contribution in [3.05, 3.63) is 18.2 Å². The highest BCUT2D eigenvalue weighted by Crippen LogP contribution is 2.26. The number of nitrogen functional groups attached to an aromatic ring is 1. The predicted octanol–water partition coefficient (Wildman–Crippen LogP) is 0.879. The molecule has 1 saturated carbocycles. The molecule has 0 aliphatic heterocycles. The number of aliphatic hydroxyl groups excluding tert-OH is 1. The molecular formula is C13H21N3O3S. The van der Waals surface area contributed by atoms with Crippen LogP contribution in [-0.4, -0.2) is 26.2 Å². The summed E-state index contributed by atoms with van der Waals surface area (Å²) >= 11 is 0. The molecule has 20 heavy (non-hydrogen) atoms. The van der Waals surface area contributed by atoms with E-state index in [0.717, 1.165) is 37.9 Å². The van der Waals surface area contributed by atoms with Crippen LogP contribution in [0.25, 0.3) is 0 Å². The number of nitrogens with two attached hydrogens (primary N) is 2. The maximum absolute atomic E-state index is 11.3. The van der Waals surface area contributed by atoms with Crippen LogP contribution in [0, 0.1) is 5.92 Å². The molecule has 1 aliphatic rings. The van der Waals surface area contributed by atoms with E-state index in [1.54, 1.807) is 12.1 Å². The molecular weight excluding hydrogens is 278 g/mol. The number of aliphatic hydroxyl groups is 1. The zero-order valence-electron chi connectivity index (χ0n) is 11.2. The van der Waals surface area contributed by atoms with Crippen LogP contribution in [-0.2, 0) is 10.0 Å². The lowest BCUT2D eigenvalue weighted by Crippen LogP contribution is -2.25. The van der Waals surface area contributed by atoms with Crippen molar-refractivity contribution in [3.8, 4) is 0 Å². The normalized spacial score (nSPS) is 23.5. The minimum absolute atomic E-state index is 0.0591. The maximum atomic E-state index is 11.3. The quantitative estimate of drug-likeness (QED) is 0.615. The molecule has 0 amide bonds. The molecule has 1 fully saturated rings. The number of hydrogen-bond donors (Lipinski definition) is 4. The molecule has 0 aromatic heterocycles. The molecule has 1 aliphatic carbocycles. The Balaban J connectivity index is 1.99. The molecule has 2 rings (SSSR count). The standard InChI is InChI=1S/C13H21N3O3S/c14-12-7-10(4-5-13(12)20(15,18)19)16-8-9-2-1-3-11(17)6-9/h4-5,7,9,11,16-17H,1-3,6,8,14H2,(H2,15,18,19). The van der Waals surface area contributed by atoms with Crippen LogP contribution in [0.1, 0.15) is 25.7 Å². The third kappa shape index (κ3) is 3.84. The van der Waals surface area contributed by atoms with Gasteiger partial charge in [-0.25, -0.2) is 13.6 Å². The molecule has 0 radical (unpaired) electrons. The van der Waals surface area contributed by atoms with Crippen molar-refractivity contribution in [2.24, 2.45) is 11.1 Å². The van der Waals surface area contributed by atoms with Crippen LogP contribution in [0.4, 0.5) is 11.4 Å². The van der Waals surface area contributed by atoms with E-state index in [1.165, 1.54) is 6.07 Å². The Kier molecular flexibility index (Phi) is 4.52. The Morgan fingerprint density at radius 2 is 2.10 bits per heavy atom. The second-order valence-corrected chi connectivity index (χ2v) is 6.89. The predicted molar refractivity (Wildman–Crippen MR) is 78.7 cm³/mol. The molecule has 0 spiro atoms. The molecule has 2 unspecified atom stereocenters. The first-order valence-corrected chi connectivity index (χ1v) is 8.25. The summed E-state index contributed by atoms with van der Waals surface area (Å²) in [6, 6.07) is 4.62. The van der Waals surface area contributed by atoms with Gasteiger partial charge in [0.25, 0.3) is 0 Å². The zero-order valence-corrected chi connectivity index (χ0v) is 12.1. The lowest BCUT2D eigenvalue weighted by Gasteiger charge is -2.26. The van der Waals surface area contributed by atoms with Gasteiger partial charge < -0.3 is 16.2 Å². The number of rotatable bonds is 4. The van der Waals surface area contributed by atoms with E-state index in [0.29, 0.717) is 5.92 Å². The van der Waals surface area contributed by atoms with Crippen molar-refractivity contribution in [3.63, 3.8) is 0 Å². The van der Waals surface area contributed by atoms with Gasteiger partial charge in [0.2, 0.25) is 10.0 Å². The third-order valence-corrected chi connectivity index (χ3v) is 4.65. The molecule has 1 aromatic carbocycles. The monoisotopic (exact) mass is 299 g/mol. The smallest absolute Gasteiger partial charge is 0.240 e. The van der Waals surface area contributed by atoms with Gasteiger partial charge in [-0.15, -0.1) is 0 Å². The average Bonchev–Trinajstić information content (AvgIpc) is 2.35. The molecule has 6 N–H and O–H groups in total. The number of primary sulfonamides is 1. The molecule has 112 valence electrons. The van der Waals surface area contributed by atoms with Gasteiger partial charge in [0, 0.05) is 12.2 Å². The lowest BCUT2D eigenvalue weighted by molar-refractivity contribution is 0.105. The minimum Gasteiger partial charge on any atom is -0.398 e. The number of sulfonamides is 1. The van der Waals surface area contributed by atoms with Crippen molar-refractivity contribution < 1.29 is 13.5 Å². The van der Waals surface area contributed by atoms with Crippen molar-refractivity contribution in [2.45, 2.75) is 36.7 Å². The minimum atomic E-state index is -3.78. The second kappa shape index (κ2) is 5.99.